The first-order valence-electron chi connectivity index (χ1n) is 7.35. The van der Waals surface area contributed by atoms with Gasteiger partial charge in [0.2, 0.25) is 5.91 Å². The SMILES string of the molecule is O=C(/C=C/c1cccc([N+](=O)[O-])c1)Nc1cc2c(cc1Cl)OCCO2. The van der Waals surface area contributed by atoms with Crippen molar-refractivity contribution in [3.63, 3.8) is 0 Å². The molecular weight excluding hydrogens is 348 g/mol. The van der Waals surface area contributed by atoms with Crippen molar-refractivity contribution in [3.05, 3.63) is 63.2 Å². The molecule has 0 fully saturated rings. The van der Waals surface area contributed by atoms with Gasteiger partial charge < -0.3 is 14.8 Å². The molecule has 1 aliphatic heterocycles. The van der Waals surface area contributed by atoms with E-state index in [1.54, 1.807) is 24.3 Å². The zero-order valence-corrected chi connectivity index (χ0v) is 13.7. The number of hydrogen-bond donors (Lipinski definition) is 1. The van der Waals surface area contributed by atoms with Crippen LogP contribution < -0.4 is 14.8 Å². The number of ether oxygens (including phenoxy) is 2. The number of amides is 1. The van der Waals surface area contributed by atoms with E-state index in [4.69, 9.17) is 21.1 Å². The number of nitro benzene ring substituents is 1. The number of hydrogen-bond acceptors (Lipinski definition) is 5. The fourth-order valence-corrected chi connectivity index (χ4v) is 2.45. The average molecular weight is 361 g/mol. The lowest BCUT2D eigenvalue weighted by Crippen LogP contribution is -2.16. The molecule has 0 aliphatic carbocycles. The summed E-state index contributed by atoms with van der Waals surface area (Å²) in [6.45, 7) is 0.871. The highest BCUT2D eigenvalue weighted by molar-refractivity contribution is 6.34. The molecule has 0 radical (unpaired) electrons. The second kappa shape index (κ2) is 7.23. The van der Waals surface area contributed by atoms with E-state index in [0.717, 1.165) is 0 Å². The van der Waals surface area contributed by atoms with Gasteiger partial charge in [0.1, 0.15) is 13.2 Å². The highest BCUT2D eigenvalue weighted by Gasteiger charge is 2.15. The highest BCUT2D eigenvalue weighted by Crippen LogP contribution is 2.37. The summed E-state index contributed by atoms with van der Waals surface area (Å²) in [7, 11) is 0. The molecular formula is C17H13ClN2O5. The zero-order chi connectivity index (χ0) is 17.8. The van der Waals surface area contributed by atoms with Crippen LogP contribution in [0.4, 0.5) is 11.4 Å². The third-order valence-corrected chi connectivity index (χ3v) is 3.71. The van der Waals surface area contributed by atoms with Gasteiger partial charge >= 0.3 is 0 Å². The zero-order valence-electron chi connectivity index (χ0n) is 12.9. The monoisotopic (exact) mass is 360 g/mol. The van der Waals surface area contributed by atoms with E-state index in [9.17, 15) is 14.9 Å². The van der Waals surface area contributed by atoms with Gasteiger partial charge in [-0.2, -0.15) is 0 Å². The molecule has 128 valence electrons. The molecule has 2 aromatic carbocycles. The second-order valence-electron chi connectivity index (χ2n) is 5.15. The van der Waals surface area contributed by atoms with Gasteiger partial charge in [0.05, 0.1) is 15.6 Å². The van der Waals surface area contributed by atoms with Gasteiger partial charge in [-0.1, -0.05) is 23.7 Å². The van der Waals surface area contributed by atoms with Crippen LogP contribution in [0.15, 0.2) is 42.5 Å². The number of nitrogens with zero attached hydrogens (tertiary/aromatic N) is 1. The van der Waals surface area contributed by atoms with E-state index in [0.29, 0.717) is 41.0 Å². The summed E-state index contributed by atoms with van der Waals surface area (Å²) >= 11 is 6.13. The summed E-state index contributed by atoms with van der Waals surface area (Å²) in [6.07, 6.45) is 2.75. The van der Waals surface area contributed by atoms with E-state index in [1.807, 2.05) is 0 Å². The Kier molecular flexibility index (Phi) is 4.85. The van der Waals surface area contributed by atoms with Gasteiger partial charge in [-0.25, -0.2) is 0 Å². The number of anilines is 1. The maximum atomic E-state index is 12.1. The van der Waals surface area contributed by atoms with E-state index >= 15 is 0 Å². The Labute approximate surface area is 148 Å². The molecule has 0 aromatic heterocycles. The van der Waals surface area contributed by atoms with Gasteiger partial charge in [-0.05, 0) is 11.6 Å². The molecule has 0 unspecified atom stereocenters. The predicted octanol–water partition coefficient (Wildman–Crippen LogP) is 3.67. The largest absolute Gasteiger partial charge is 0.486 e. The minimum Gasteiger partial charge on any atom is -0.486 e. The molecule has 1 N–H and O–H groups in total. The Morgan fingerprint density at radius 3 is 2.64 bits per heavy atom. The summed E-state index contributed by atoms with van der Waals surface area (Å²) in [5.74, 6) is 0.611. The lowest BCUT2D eigenvalue weighted by atomic mass is 10.2. The Morgan fingerprint density at radius 2 is 1.92 bits per heavy atom. The summed E-state index contributed by atoms with van der Waals surface area (Å²) in [6, 6.07) is 9.14. The van der Waals surface area contributed by atoms with Crippen molar-refractivity contribution in [3.8, 4) is 11.5 Å². The minimum absolute atomic E-state index is 0.0440. The van der Waals surface area contributed by atoms with Crippen LogP contribution in [0, 0.1) is 10.1 Å². The number of rotatable bonds is 4. The molecule has 3 rings (SSSR count). The van der Waals surface area contributed by atoms with Crippen LogP contribution in [-0.2, 0) is 4.79 Å². The van der Waals surface area contributed by atoms with Crippen molar-refractivity contribution in [2.24, 2.45) is 0 Å². The summed E-state index contributed by atoms with van der Waals surface area (Å²) < 4.78 is 10.9. The number of benzene rings is 2. The normalized spacial score (nSPS) is 12.8. The predicted molar refractivity (Wildman–Crippen MR) is 93.2 cm³/mol. The van der Waals surface area contributed by atoms with Crippen molar-refractivity contribution in [1.29, 1.82) is 0 Å². The quantitative estimate of drug-likeness (QED) is 0.510. The van der Waals surface area contributed by atoms with Gasteiger partial charge in [0.15, 0.2) is 11.5 Å². The van der Waals surface area contributed by atoms with Crippen LogP contribution >= 0.6 is 11.6 Å². The van der Waals surface area contributed by atoms with E-state index < -0.39 is 10.8 Å². The lowest BCUT2D eigenvalue weighted by Gasteiger charge is -2.19. The van der Waals surface area contributed by atoms with Gasteiger partial charge in [-0.15, -0.1) is 0 Å². The van der Waals surface area contributed by atoms with E-state index in [2.05, 4.69) is 5.32 Å². The van der Waals surface area contributed by atoms with Gasteiger partial charge in [0.25, 0.3) is 5.69 Å². The first kappa shape index (κ1) is 16.8. The Balaban J connectivity index is 1.72. The van der Waals surface area contributed by atoms with Crippen molar-refractivity contribution >= 4 is 35.0 Å². The topological polar surface area (TPSA) is 90.7 Å². The first-order chi connectivity index (χ1) is 12.0. The van der Waals surface area contributed by atoms with Crippen LogP contribution in [0.1, 0.15) is 5.56 Å². The van der Waals surface area contributed by atoms with Gasteiger partial charge in [-0.3, -0.25) is 14.9 Å². The molecule has 25 heavy (non-hydrogen) atoms. The second-order valence-corrected chi connectivity index (χ2v) is 5.56. The minimum atomic E-state index is -0.494. The third-order valence-electron chi connectivity index (χ3n) is 3.40. The van der Waals surface area contributed by atoms with Crippen LogP contribution in [0.25, 0.3) is 6.08 Å². The smallest absolute Gasteiger partial charge is 0.270 e. The molecule has 1 heterocycles. The molecule has 0 saturated carbocycles. The molecule has 1 aliphatic rings. The average Bonchev–Trinajstić information content (AvgIpc) is 2.61. The molecule has 1 amide bonds. The lowest BCUT2D eigenvalue weighted by molar-refractivity contribution is -0.384. The van der Waals surface area contributed by atoms with Crippen molar-refractivity contribution in [2.45, 2.75) is 0 Å². The summed E-state index contributed by atoms with van der Waals surface area (Å²) in [5, 5.41) is 13.7. The van der Waals surface area contributed by atoms with E-state index in [1.165, 1.54) is 24.3 Å². The number of nitrogens with one attached hydrogen (secondary N) is 1. The van der Waals surface area contributed by atoms with Crippen molar-refractivity contribution in [1.82, 2.24) is 0 Å². The molecule has 0 atom stereocenters. The van der Waals surface area contributed by atoms with Crippen LogP contribution in [0.3, 0.4) is 0 Å². The fourth-order valence-electron chi connectivity index (χ4n) is 2.25. The molecule has 8 heteroatoms. The molecule has 0 bridgehead atoms. The molecule has 2 aromatic rings. The van der Waals surface area contributed by atoms with E-state index in [-0.39, 0.29) is 5.69 Å². The third kappa shape index (κ3) is 4.07. The summed E-state index contributed by atoms with van der Waals surface area (Å²) in [5.41, 5.74) is 0.884. The van der Waals surface area contributed by atoms with Crippen molar-refractivity contribution in [2.75, 3.05) is 18.5 Å². The Bertz CT molecular complexity index is 866. The van der Waals surface area contributed by atoms with Crippen LogP contribution in [0.5, 0.6) is 11.5 Å². The molecule has 0 saturated heterocycles. The maximum Gasteiger partial charge on any atom is 0.270 e. The number of carbonyl (C=O) groups excluding carboxylic acids is 1. The molecule has 7 nitrogen and oxygen atoms in total. The maximum absolute atomic E-state index is 12.1. The summed E-state index contributed by atoms with van der Waals surface area (Å²) in [4.78, 5) is 22.3. The number of fused-ring (bicyclic) bond motifs is 1. The van der Waals surface area contributed by atoms with Crippen LogP contribution in [-0.4, -0.2) is 24.0 Å². The fraction of sp³-hybridized carbons (Fsp3) is 0.118. The number of halogens is 1. The Hall–Kier alpha value is -3.06. The molecule has 0 spiro atoms. The number of carbonyl (C=O) groups is 1. The van der Waals surface area contributed by atoms with Crippen molar-refractivity contribution < 1.29 is 19.2 Å². The van der Waals surface area contributed by atoms with Gasteiger partial charge in [0, 0.05) is 30.3 Å². The Morgan fingerprint density at radius 1 is 1.20 bits per heavy atom. The number of nitro groups is 1. The standard InChI is InChI=1S/C17H13ClN2O5/c18-13-9-15-16(25-7-6-24-15)10-14(13)19-17(21)5-4-11-2-1-3-12(8-11)20(22)23/h1-5,8-10H,6-7H2,(H,19,21)/b5-4+. The number of non-ortho nitro benzene ring substituents is 1. The highest BCUT2D eigenvalue weighted by atomic mass is 35.5. The van der Waals surface area contributed by atoms with Crippen LogP contribution in [0.2, 0.25) is 5.02 Å². The first-order valence-corrected chi connectivity index (χ1v) is 7.73.